The molecule has 150 valence electrons. The van der Waals surface area contributed by atoms with Crippen LogP contribution in [0.15, 0.2) is 48.7 Å². The predicted molar refractivity (Wildman–Crippen MR) is 98.9 cm³/mol. The fourth-order valence-corrected chi connectivity index (χ4v) is 2.65. The van der Waals surface area contributed by atoms with Crippen LogP contribution in [0.2, 0.25) is 0 Å². The van der Waals surface area contributed by atoms with Crippen molar-refractivity contribution in [2.24, 2.45) is 0 Å². The molecule has 0 saturated carbocycles. The summed E-state index contributed by atoms with van der Waals surface area (Å²) in [5, 5.41) is 8.46. The van der Waals surface area contributed by atoms with Crippen molar-refractivity contribution in [2.45, 2.75) is 13.1 Å². The van der Waals surface area contributed by atoms with Crippen LogP contribution in [0.3, 0.4) is 0 Å². The Kier molecular flexibility index (Phi) is 5.35. The highest BCUT2D eigenvalue weighted by Gasteiger charge is 2.36. The van der Waals surface area contributed by atoms with E-state index in [-0.39, 0.29) is 22.8 Å². The standard InChI is InChI=1S/C19H16F3N5O2/c1-11-6-5-9-24-16(11)27-14(10-15(26-27)19(20,21)22)18(29)25-13-8-4-3-7-12(13)17(28)23-2/h3-10H,1-2H3,(H,23,28)(H,25,29). The molecule has 3 rings (SSSR count). The van der Waals surface area contributed by atoms with Gasteiger partial charge in [-0.1, -0.05) is 18.2 Å². The summed E-state index contributed by atoms with van der Waals surface area (Å²) in [5.41, 5.74) is -0.752. The van der Waals surface area contributed by atoms with E-state index in [9.17, 15) is 22.8 Å². The molecule has 3 aromatic rings. The molecule has 2 aromatic heterocycles. The molecule has 7 nitrogen and oxygen atoms in total. The number of alkyl halides is 3. The van der Waals surface area contributed by atoms with E-state index < -0.39 is 23.7 Å². The van der Waals surface area contributed by atoms with E-state index in [1.165, 1.54) is 25.4 Å². The number of hydrogen-bond donors (Lipinski definition) is 2. The molecule has 29 heavy (non-hydrogen) atoms. The number of carbonyl (C=O) groups is 2. The summed E-state index contributed by atoms with van der Waals surface area (Å²) in [6.45, 7) is 1.64. The molecule has 0 fully saturated rings. The van der Waals surface area contributed by atoms with Crippen LogP contribution in [-0.2, 0) is 6.18 Å². The third kappa shape index (κ3) is 4.10. The van der Waals surface area contributed by atoms with Gasteiger partial charge in [-0.15, -0.1) is 0 Å². The van der Waals surface area contributed by atoms with Gasteiger partial charge in [-0.25, -0.2) is 9.67 Å². The first-order valence-electron chi connectivity index (χ1n) is 8.44. The van der Waals surface area contributed by atoms with Gasteiger partial charge in [0.05, 0.1) is 11.3 Å². The van der Waals surface area contributed by atoms with Gasteiger partial charge >= 0.3 is 6.18 Å². The van der Waals surface area contributed by atoms with E-state index in [2.05, 4.69) is 20.7 Å². The van der Waals surface area contributed by atoms with Crippen molar-refractivity contribution in [3.05, 3.63) is 71.2 Å². The van der Waals surface area contributed by atoms with Gasteiger partial charge in [-0.2, -0.15) is 18.3 Å². The zero-order chi connectivity index (χ0) is 21.2. The Morgan fingerprint density at radius 3 is 2.45 bits per heavy atom. The van der Waals surface area contributed by atoms with Crippen LogP contribution in [-0.4, -0.2) is 33.6 Å². The highest BCUT2D eigenvalue weighted by atomic mass is 19.4. The number of halogens is 3. The molecular formula is C19H16F3N5O2. The number of hydrogen-bond acceptors (Lipinski definition) is 4. The third-order valence-corrected chi connectivity index (χ3v) is 4.06. The summed E-state index contributed by atoms with van der Waals surface area (Å²) >= 11 is 0. The number of amides is 2. The molecule has 0 bridgehead atoms. The van der Waals surface area contributed by atoms with Gasteiger partial charge in [-0.05, 0) is 30.7 Å². The number of benzene rings is 1. The van der Waals surface area contributed by atoms with Crippen LogP contribution in [0.1, 0.15) is 32.1 Å². The predicted octanol–water partition coefficient (Wildman–Crippen LogP) is 3.21. The van der Waals surface area contributed by atoms with Crippen LogP contribution >= 0.6 is 0 Å². The normalized spacial score (nSPS) is 11.2. The molecule has 1 aromatic carbocycles. The molecule has 0 aliphatic heterocycles. The first kappa shape index (κ1) is 20.1. The van der Waals surface area contributed by atoms with E-state index >= 15 is 0 Å². The average molecular weight is 403 g/mol. The molecule has 0 spiro atoms. The van der Waals surface area contributed by atoms with Crippen LogP contribution < -0.4 is 10.6 Å². The van der Waals surface area contributed by atoms with Gasteiger partial charge in [-0.3, -0.25) is 9.59 Å². The Morgan fingerprint density at radius 2 is 1.79 bits per heavy atom. The maximum absolute atomic E-state index is 13.2. The molecule has 10 heteroatoms. The Bertz CT molecular complexity index is 1080. The summed E-state index contributed by atoms with van der Waals surface area (Å²) in [6, 6.07) is 10.0. The number of para-hydroxylation sites is 1. The van der Waals surface area contributed by atoms with Gasteiger partial charge in [0, 0.05) is 19.3 Å². The molecule has 2 heterocycles. The van der Waals surface area contributed by atoms with Crippen molar-refractivity contribution in [1.82, 2.24) is 20.1 Å². The number of nitrogens with one attached hydrogen (secondary N) is 2. The lowest BCUT2D eigenvalue weighted by atomic mass is 10.1. The van der Waals surface area contributed by atoms with E-state index in [4.69, 9.17) is 0 Å². The van der Waals surface area contributed by atoms with Gasteiger partial charge in [0.15, 0.2) is 11.5 Å². The van der Waals surface area contributed by atoms with Crippen molar-refractivity contribution in [3.8, 4) is 5.82 Å². The minimum Gasteiger partial charge on any atom is -0.355 e. The van der Waals surface area contributed by atoms with Gasteiger partial charge in [0.2, 0.25) is 0 Å². The van der Waals surface area contributed by atoms with Crippen LogP contribution in [0.25, 0.3) is 5.82 Å². The Balaban J connectivity index is 2.07. The van der Waals surface area contributed by atoms with E-state index in [0.29, 0.717) is 11.6 Å². The highest BCUT2D eigenvalue weighted by molar-refractivity contribution is 6.08. The maximum Gasteiger partial charge on any atom is 0.435 e. The summed E-state index contributed by atoms with van der Waals surface area (Å²) in [4.78, 5) is 28.8. The van der Waals surface area contributed by atoms with Crippen LogP contribution in [0.4, 0.5) is 18.9 Å². The molecule has 0 atom stereocenters. The fourth-order valence-electron chi connectivity index (χ4n) is 2.65. The summed E-state index contributed by atoms with van der Waals surface area (Å²) < 4.78 is 40.5. The second kappa shape index (κ2) is 7.74. The number of nitrogens with zero attached hydrogens (tertiary/aromatic N) is 3. The minimum atomic E-state index is -4.75. The Hall–Kier alpha value is -3.69. The van der Waals surface area contributed by atoms with Crippen LogP contribution in [0, 0.1) is 6.92 Å². The number of anilines is 1. The summed E-state index contributed by atoms with van der Waals surface area (Å²) in [5.74, 6) is -1.23. The maximum atomic E-state index is 13.2. The van der Waals surface area contributed by atoms with Crippen molar-refractivity contribution in [3.63, 3.8) is 0 Å². The van der Waals surface area contributed by atoms with Crippen molar-refractivity contribution in [2.75, 3.05) is 12.4 Å². The van der Waals surface area contributed by atoms with E-state index in [1.54, 1.807) is 31.2 Å². The van der Waals surface area contributed by atoms with Gasteiger partial charge < -0.3 is 10.6 Å². The monoisotopic (exact) mass is 403 g/mol. The molecule has 0 radical (unpaired) electrons. The quantitative estimate of drug-likeness (QED) is 0.700. The van der Waals surface area contributed by atoms with Crippen LogP contribution in [0.5, 0.6) is 0 Å². The first-order chi connectivity index (χ1) is 13.7. The van der Waals surface area contributed by atoms with Gasteiger partial charge in [0.25, 0.3) is 11.8 Å². The number of aryl methyl sites for hydroxylation is 1. The summed E-state index contributed by atoms with van der Waals surface area (Å²) in [6.07, 6.45) is -3.36. The first-order valence-corrected chi connectivity index (χ1v) is 8.44. The zero-order valence-corrected chi connectivity index (χ0v) is 15.4. The largest absolute Gasteiger partial charge is 0.435 e. The van der Waals surface area contributed by atoms with Crippen molar-refractivity contribution < 1.29 is 22.8 Å². The zero-order valence-electron chi connectivity index (χ0n) is 15.4. The molecule has 0 saturated heterocycles. The summed E-state index contributed by atoms with van der Waals surface area (Å²) in [7, 11) is 1.43. The lowest BCUT2D eigenvalue weighted by Gasteiger charge is -2.12. The van der Waals surface area contributed by atoms with Crippen molar-refractivity contribution in [1.29, 1.82) is 0 Å². The topological polar surface area (TPSA) is 88.9 Å². The molecule has 2 N–H and O–H groups in total. The second-order valence-electron chi connectivity index (χ2n) is 6.05. The fraction of sp³-hybridized carbons (Fsp3) is 0.158. The second-order valence-corrected chi connectivity index (χ2v) is 6.05. The molecule has 0 unspecified atom stereocenters. The lowest BCUT2D eigenvalue weighted by Crippen LogP contribution is -2.23. The Morgan fingerprint density at radius 1 is 1.07 bits per heavy atom. The van der Waals surface area contributed by atoms with E-state index in [0.717, 1.165) is 4.68 Å². The minimum absolute atomic E-state index is 0.0905. The average Bonchev–Trinajstić information content (AvgIpc) is 3.14. The number of aromatic nitrogens is 3. The van der Waals surface area contributed by atoms with Gasteiger partial charge in [0.1, 0.15) is 5.69 Å². The molecular weight excluding hydrogens is 387 g/mol. The SMILES string of the molecule is CNC(=O)c1ccccc1NC(=O)c1cc(C(F)(F)F)nn1-c1ncccc1C. The number of rotatable bonds is 4. The lowest BCUT2D eigenvalue weighted by molar-refractivity contribution is -0.141. The third-order valence-electron chi connectivity index (χ3n) is 4.06. The van der Waals surface area contributed by atoms with Crippen molar-refractivity contribution >= 4 is 17.5 Å². The number of pyridine rings is 1. The number of carbonyl (C=O) groups excluding carboxylic acids is 2. The van der Waals surface area contributed by atoms with E-state index in [1.807, 2.05) is 0 Å². The molecule has 0 aliphatic carbocycles. The molecule has 2 amide bonds. The smallest absolute Gasteiger partial charge is 0.355 e. The highest BCUT2D eigenvalue weighted by Crippen LogP contribution is 2.30. The molecule has 0 aliphatic rings. The Labute approximate surface area is 163 Å².